The molecule has 1 aromatic rings. The molecule has 1 aliphatic carbocycles. The molecule has 0 radical (unpaired) electrons. The molecule has 138 valence electrons. The van der Waals surface area contributed by atoms with E-state index in [9.17, 15) is 14.0 Å². The van der Waals surface area contributed by atoms with Crippen LogP contribution in [0.5, 0.6) is 0 Å². The first kappa shape index (κ1) is 19.2. The number of carbonyl (C=O) groups excluding carboxylic acids is 2. The summed E-state index contributed by atoms with van der Waals surface area (Å²) in [6.07, 6.45) is 6.81. The summed E-state index contributed by atoms with van der Waals surface area (Å²) in [4.78, 5) is 24.3. The van der Waals surface area contributed by atoms with Gasteiger partial charge < -0.3 is 16.0 Å². The third-order valence-corrected chi connectivity index (χ3v) is 4.56. The summed E-state index contributed by atoms with van der Waals surface area (Å²) >= 11 is 0. The molecule has 0 bridgehead atoms. The van der Waals surface area contributed by atoms with Crippen LogP contribution < -0.4 is 16.0 Å². The molecule has 0 spiro atoms. The lowest BCUT2D eigenvalue weighted by molar-refractivity contribution is -0.120. The van der Waals surface area contributed by atoms with Crippen LogP contribution >= 0.6 is 0 Å². The molecule has 1 fully saturated rings. The lowest BCUT2D eigenvalue weighted by atomic mass is 9.88. The first-order valence-corrected chi connectivity index (χ1v) is 9.17. The Morgan fingerprint density at radius 3 is 2.60 bits per heavy atom. The summed E-state index contributed by atoms with van der Waals surface area (Å²) in [5, 5.41) is 8.18. The van der Waals surface area contributed by atoms with Gasteiger partial charge in [-0.3, -0.25) is 4.79 Å². The van der Waals surface area contributed by atoms with Crippen LogP contribution in [0.1, 0.15) is 58.8 Å². The van der Waals surface area contributed by atoms with E-state index in [1.54, 1.807) is 0 Å². The van der Waals surface area contributed by atoms with Gasteiger partial charge in [0.05, 0.1) is 5.69 Å². The minimum Gasteiger partial charge on any atom is -0.335 e. The van der Waals surface area contributed by atoms with E-state index in [1.807, 2.05) is 6.92 Å². The lowest BCUT2D eigenvalue weighted by Crippen LogP contribution is -2.36. The van der Waals surface area contributed by atoms with Crippen molar-refractivity contribution in [3.63, 3.8) is 0 Å². The Hall–Kier alpha value is -2.11. The second-order valence-corrected chi connectivity index (χ2v) is 6.81. The highest BCUT2D eigenvalue weighted by Crippen LogP contribution is 2.26. The van der Waals surface area contributed by atoms with Crippen LogP contribution in [0.15, 0.2) is 18.2 Å². The van der Waals surface area contributed by atoms with Crippen LogP contribution in [-0.4, -0.2) is 18.0 Å². The van der Waals surface area contributed by atoms with Gasteiger partial charge in [-0.15, -0.1) is 0 Å². The second kappa shape index (κ2) is 9.39. The maximum Gasteiger partial charge on any atom is 0.319 e. The van der Waals surface area contributed by atoms with Crippen LogP contribution in [-0.2, 0) is 4.79 Å². The van der Waals surface area contributed by atoms with Crippen molar-refractivity contribution < 1.29 is 14.0 Å². The highest BCUT2D eigenvalue weighted by atomic mass is 19.1. The number of nitrogens with one attached hydrogen (secondary N) is 3. The minimum absolute atomic E-state index is 0.0528. The van der Waals surface area contributed by atoms with Crippen LogP contribution in [0.25, 0.3) is 0 Å². The standard InChI is InChI=1S/C19H28FN3O2/c1-3-7-13(2)21-19(25)22-15-10-11-16(20)17(12-15)23-18(24)14-8-5-4-6-9-14/h10-14H,3-9H2,1-2H3,(H,23,24)(H2,21,22,25)/t13-/m1/s1. The van der Waals surface area contributed by atoms with Gasteiger partial charge in [0.25, 0.3) is 0 Å². The van der Waals surface area contributed by atoms with Crippen LogP contribution in [0.4, 0.5) is 20.6 Å². The maximum atomic E-state index is 14.0. The minimum atomic E-state index is -0.505. The second-order valence-electron chi connectivity index (χ2n) is 6.81. The summed E-state index contributed by atoms with van der Waals surface area (Å²) in [5.41, 5.74) is 0.552. The predicted octanol–water partition coefficient (Wildman–Crippen LogP) is 4.65. The molecule has 3 amide bonds. The molecule has 25 heavy (non-hydrogen) atoms. The number of urea groups is 1. The highest BCUT2D eigenvalue weighted by Gasteiger charge is 2.22. The Morgan fingerprint density at radius 1 is 1.20 bits per heavy atom. The van der Waals surface area contributed by atoms with Crippen molar-refractivity contribution in [1.82, 2.24) is 5.32 Å². The molecule has 0 unspecified atom stereocenters. The van der Waals surface area contributed by atoms with Gasteiger partial charge in [-0.2, -0.15) is 0 Å². The molecule has 1 aliphatic rings. The zero-order valence-corrected chi connectivity index (χ0v) is 15.0. The number of anilines is 2. The summed E-state index contributed by atoms with van der Waals surface area (Å²) in [6.45, 7) is 3.99. The van der Waals surface area contributed by atoms with Crippen LogP contribution in [0, 0.1) is 11.7 Å². The number of rotatable bonds is 6. The summed E-state index contributed by atoms with van der Waals surface area (Å²) in [6, 6.07) is 3.92. The smallest absolute Gasteiger partial charge is 0.319 e. The van der Waals surface area contributed by atoms with Gasteiger partial charge in [0.1, 0.15) is 5.82 Å². The Labute approximate surface area is 148 Å². The molecular weight excluding hydrogens is 321 g/mol. The van der Waals surface area contributed by atoms with E-state index in [-0.39, 0.29) is 29.6 Å². The van der Waals surface area contributed by atoms with Crippen LogP contribution in [0.2, 0.25) is 0 Å². The quantitative estimate of drug-likeness (QED) is 0.699. The molecule has 1 atom stereocenters. The fraction of sp³-hybridized carbons (Fsp3) is 0.579. The molecule has 0 aromatic heterocycles. The first-order chi connectivity index (χ1) is 12.0. The van der Waals surface area contributed by atoms with Crippen molar-refractivity contribution in [2.45, 2.75) is 64.8 Å². The van der Waals surface area contributed by atoms with Gasteiger partial charge >= 0.3 is 6.03 Å². The van der Waals surface area contributed by atoms with Crippen molar-refractivity contribution in [2.75, 3.05) is 10.6 Å². The Kier molecular flexibility index (Phi) is 7.22. The van der Waals surface area contributed by atoms with Crippen molar-refractivity contribution in [3.05, 3.63) is 24.0 Å². The van der Waals surface area contributed by atoms with Gasteiger partial charge in [0.15, 0.2) is 0 Å². The Morgan fingerprint density at radius 2 is 1.92 bits per heavy atom. The Balaban J connectivity index is 1.96. The number of amides is 3. The molecule has 0 aliphatic heterocycles. The number of hydrogen-bond acceptors (Lipinski definition) is 2. The summed E-state index contributed by atoms with van der Waals surface area (Å²) < 4.78 is 14.0. The largest absolute Gasteiger partial charge is 0.335 e. The molecule has 6 heteroatoms. The number of carbonyl (C=O) groups is 2. The molecule has 5 nitrogen and oxygen atoms in total. The van der Waals surface area contributed by atoms with E-state index >= 15 is 0 Å². The summed E-state index contributed by atoms with van der Waals surface area (Å²) in [7, 11) is 0. The first-order valence-electron chi connectivity index (χ1n) is 9.17. The van der Waals surface area contributed by atoms with E-state index in [4.69, 9.17) is 0 Å². The van der Waals surface area contributed by atoms with Crippen LogP contribution in [0.3, 0.4) is 0 Å². The van der Waals surface area contributed by atoms with E-state index in [2.05, 4.69) is 22.9 Å². The predicted molar refractivity (Wildman–Crippen MR) is 98.1 cm³/mol. The molecule has 0 heterocycles. The SMILES string of the molecule is CCC[C@@H](C)NC(=O)Nc1ccc(F)c(NC(=O)C2CCCCC2)c1. The number of benzene rings is 1. The van der Waals surface area contributed by atoms with E-state index in [0.717, 1.165) is 44.9 Å². The lowest BCUT2D eigenvalue weighted by Gasteiger charge is -2.21. The zero-order chi connectivity index (χ0) is 18.2. The normalized spacial score (nSPS) is 16.1. The molecule has 0 saturated heterocycles. The number of halogens is 1. The van der Waals surface area contributed by atoms with Gasteiger partial charge in [0.2, 0.25) is 5.91 Å². The van der Waals surface area contributed by atoms with Gasteiger partial charge in [-0.25, -0.2) is 9.18 Å². The molecular formula is C19H28FN3O2. The molecule has 3 N–H and O–H groups in total. The average Bonchev–Trinajstić information content (AvgIpc) is 2.58. The van der Waals surface area contributed by atoms with Gasteiger partial charge in [-0.05, 0) is 44.4 Å². The molecule has 1 saturated carbocycles. The topological polar surface area (TPSA) is 70.2 Å². The highest BCUT2D eigenvalue weighted by molar-refractivity contribution is 5.94. The van der Waals surface area contributed by atoms with Crippen molar-refractivity contribution in [1.29, 1.82) is 0 Å². The molecule has 2 rings (SSSR count). The van der Waals surface area contributed by atoms with Gasteiger partial charge in [-0.1, -0.05) is 32.6 Å². The third-order valence-electron chi connectivity index (χ3n) is 4.56. The maximum absolute atomic E-state index is 14.0. The van der Waals surface area contributed by atoms with E-state index < -0.39 is 5.82 Å². The number of hydrogen-bond donors (Lipinski definition) is 3. The third kappa shape index (κ3) is 6.03. The van der Waals surface area contributed by atoms with E-state index in [0.29, 0.717) is 5.69 Å². The fourth-order valence-corrected chi connectivity index (χ4v) is 3.19. The van der Waals surface area contributed by atoms with E-state index in [1.165, 1.54) is 18.2 Å². The monoisotopic (exact) mass is 349 g/mol. The van der Waals surface area contributed by atoms with Crippen molar-refractivity contribution in [2.24, 2.45) is 5.92 Å². The average molecular weight is 349 g/mol. The zero-order valence-electron chi connectivity index (χ0n) is 15.0. The molecule has 1 aromatic carbocycles. The summed E-state index contributed by atoms with van der Waals surface area (Å²) in [5.74, 6) is -0.700. The van der Waals surface area contributed by atoms with Crippen molar-refractivity contribution in [3.8, 4) is 0 Å². The van der Waals surface area contributed by atoms with Crippen molar-refractivity contribution >= 4 is 23.3 Å². The fourth-order valence-electron chi connectivity index (χ4n) is 3.19. The van der Waals surface area contributed by atoms with Gasteiger partial charge in [0, 0.05) is 17.6 Å². The Bertz CT molecular complexity index is 600.